The molecule has 7 nitrogen and oxygen atoms in total. The van der Waals surface area contributed by atoms with Crippen molar-refractivity contribution in [3.05, 3.63) is 82.9 Å². The number of rotatable bonds is 5. The van der Waals surface area contributed by atoms with Crippen LogP contribution in [0, 0.1) is 6.92 Å². The van der Waals surface area contributed by atoms with Gasteiger partial charge in [0.15, 0.2) is 17.2 Å². The molecule has 0 spiro atoms. The van der Waals surface area contributed by atoms with Gasteiger partial charge in [0.2, 0.25) is 0 Å². The van der Waals surface area contributed by atoms with Crippen LogP contribution in [0.2, 0.25) is 0 Å². The molecule has 130 valence electrons. The van der Waals surface area contributed by atoms with E-state index in [0.29, 0.717) is 11.1 Å². The van der Waals surface area contributed by atoms with E-state index in [0.717, 1.165) is 11.9 Å². The molecule has 3 N–H and O–H groups in total. The number of anilines is 1. The van der Waals surface area contributed by atoms with Crippen molar-refractivity contribution in [3.8, 4) is 0 Å². The maximum Gasteiger partial charge on any atom is 0.354 e. The van der Waals surface area contributed by atoms with E-state index >= 15 is 0 Å². The number of amides is 1. The zero-order valence-electron chi connectivity index (χ0n) is 13.8. The van der Waals surface area contributed by atoms with Crippen molar-refractivity contribution in [1.29, 1.82) is 0 Å². The molecule has 2 aromatic carbocycles. The number of nitrogens with one attached hydrogen (secondary N) is 2. The number of benzene rings is 2. The molecule has 0 unspecified atom stereocenters. The molecule has 26 heavy (non-hydrogen) atoms. The quantitative estimate of drug-likeness (QED) is 0.613. The number of hydrogen-bond donors (Lipinski definition) is 3. The summed E-state index contributed by atoms with van der Waals surface area (Å²) in [6, 6.07) is 13.7. The lowest BCUT2D eigenvalue weighted by Crippen LogP contribution is -2.18. The molecule has 0 aliphatic carbocycles. The average Bonchev–Trinajstić information content (AvgIpc) is 3.13. The summed E-state index contributed by atoms with van der Waals surface area (Å²) >= 11 is 0. The topological polar surface area (TPSA) is 112 Å². The molecular formula is C19H15N3O4. The Kier molecular flexibility index (Phi) is 4.62. The van der Waals surface area contributed by atoms with E-state index in [1.165, 1.54) is 0 Å². The van der Waals surface area contributed by atoms with E-state index < -0.39 is 11.9 Å². The summed E-state index contributed by atoms with van der Waals surface area (Å²) in [5.74, 6) is -2.25. The summed E-state index contributed by atoms with van der Waals surface area (Å²) in [7, 11) is 0. The first-order chi connectivity index (χ1) is 12.5. The Balaban J connectivity index is 1.96. The zero-order valence-corrected chi connectivity index (χ0v) is 13.8. The van der Waals surface area contributed by atoms with Gasteiger partial charge in [-0.25, -0.2) is 9.78 Å². The minimum absolute atomic E-state index is 0.245. The number of nitrogens with zero attached hydrogens (tertiary/aromatic N) is 1. The highest BCUT2D eigenvalue weighted by Gasteiger charge is 2.22. The number of aryl methyl sites for hydroxylation is 1. The summed E-state index contributed by atoms with van der Waals surface area (Å²) in [5.41, 5.74) is 1.38. The Bertz CT molecular complexity index is 993. The van der Waals surface area contributed by atoms with Crippen LogP contribution >= 0.6 is 0 Å². The highest BCUT2D eigenvalue weighted by atomic mass is 16.4. The second kappa shape index (κ2) is 7.02. The number of carboxylic acids is 1. The van der Waals surface area contributed by atoms with E-state index in [9.17, 15) is 14.4 Å². The summed E-state index contributed by atoms with van der Waals surface area (Å²) in [4.78, 5) is 42.5. The molecule has 7 heteroatoms. The smallest absolute Gasteiger partial charge is 0.354 e. The molecule has 0 atom stereocenters. The SMILES string of the molecule is Cc1ccc(NC(=O)c2nc[nH]c2C(=O)O)c(C(=O)c2ccccc2)c1. The van der Waals surface area contributed by atoms with Gasteiger partial charge in [0.05, 0.1) is 12.0 Å². The predicted octanol–water partition coefficient (Wildman–Crippen LogP) is 2.90. The molecule has 0 aliphatic heterocycles. The molecule has 3 aromatic rings. The third-order valence-electron chi connectivity index (χ3n) is 3.77. The fourth-order valence-corrected chi connectivity index (χ4v) is 2.51. The first kappa shape index (κ1) is 17.1. The lowest BCUT2D eigenvalue weighted by atomic mass is 9.99. The van der Waals surface area contributed by atoms with E-state index in [-0.39, 0.29) is 22.9 Å². The summed E-state index contributed by atoms with van der Waals surface area (Å²) < 4.78 is 0. The molecule has 0 radical (unpaired) electrons. The van der Waals surface area contributed by atoms with Crippen molar-refractivity contribution in [1.82, 2.24) is 9.97 Å². The van der Waals surface area contributed by atoms with Gasteiger partial charge in [-0.1, -0.05) is 42.0 Å². The van der Waals surface area contributed by atoms with Crippen LogP contribution < -0.4 is 5.32 Å². The molecule has 1 amide bonds. The second-order valence-electron chi connectivity index (χ2n) is 5.63. The van der Waals surface area contributed by atoms with Crippen molar-refractivity contribution in [2.45, 2.75) is 6.92 Å². The van der Waals surface area contributed by atoms with Gasteiger partial charge in [-0.15, -0.1) is 0 Å². The van der Waals surface area contributed by atoms with Gasteiger partial charge < -0.3 is 15.4 Å². The number of carbonyl (C=O) groups is 3. The van der Waals surface area contributed by atoms with Crippen LogP contribution in [0.25, 0.3) is 0 Å². The number of aromatic amines is 1. The fourth-order valence-electron chi connectivity index (χ4n) is 2.51. The normalized spacial score (nSPS) is 10.3. The Hall–Kier alpha value is -3.74. The highest BCUT2D eigenvalue weighted by molar-refractivity contribution is 6.16. The van der Waals surface area contributed by atoms with Crippen LogP contribution in [0.5, 0.6) is 0 Å². The average molecular weight is 349 g/mol. The highest BCUT2D eigenvalue weighted by Crippen LogP contribution is 2.22. The van der Waals surface area contributed by atoms with Crippen LogP contribution in [0.15, 0.2) is 54.9 Å². The first-order valence-electron chi connectivity index (χ1n) is 7.76. The largest absolute Gasteiger partial charge is 0.477 e. The lowest BCUT2D eigenvalue weighted by molar-refractivity contribution is 0.0686. The number of carboxylic acid groups (broad SMARTS) is 1. The van der Waals surface area contributed by atoms with Crippen molar-refractivity contribution >= 4 is 23.3 Å². The van der Waals surface area contributed by atoms with Crippen LogP contribution in [0.3, 0.4) is 0 Å². The van der Waals surface area contributed by atoms with Gasteiger partial charge in [0.1, 0.15) is 0 Å². The number of ketones is 1. The van der Waals surface area contributed by atoms with Gasteiger partial charge in [0, 0.05) is 11.1 Å². The molecule has 0 fully saturated rings. The van der Waals surface area contributed by atoms with Crippen LogP contribution in [-0.2, 0) is 0 Å². The van der Waals surface area contributed by atoms with Crippen molar-refractivity contribution < 1.29 is 19.5 Å². The molecular weight excluding hydrogens is 334 g/mol. The number of carbonyl (C=O) groups excluding carboxylic acids is 2. The third kappa shape index (κ3) is 3.36. The minimum atomic E-state index is -1.29. The Morgan fingerprint density at radius 1 is 1.08 bits per heavy atom. The lowest BCUT2D eigenvalue weighted by Gasteiger charge is -2.11. The second-order valence-corrected chi connectivity index (χ2v) is 5.63. The zero-order chi connectivity index (χ0) is 18.7. The molecule has 1 aromatic heterocycles. The molecule has 0 saturated carbocycles. The number of aromatic nitrogens is 2. The summed E-state index contributed by atoms with van der Waals surface area (Å²) in [6.07, 6.45) is 1.13. The van der Waals surface area contributed by atoms with E-state index in [1.807, 2.05) is 6.92 Å². The maximum atomic E-state index is 12.8. The van der Waals surface area contributed by atoms with Gasteiger partial charge >= 0.3 is 5.97 Å². The number of aromatic carboxylic acids is 1. The van der Waals surface area contributed by atoms with E-state index in [1.54, 1.807) is 48.5 Å². The fraction of sp³-hybridized carbons (Fsp3) is 0.0526. The standard InChI is InChI=1S/C19H15N3O4/c1-11-7-8-14(13(9-11)17(23)12-5-3-2-4-6-12)22-18(24)15-16(19(25)26)21-10-20-15/h2-10H,1H3,(H,20,21)(H,22,24)(H,25,26). The predicted molar refractivity (Wildman–Crippen MR) is 94.6 cm³/mol. The van der Waals surface area contributed by atoms with Crippen LogP contribution in [0.1, 0.15) is 42.5 Å². The molecule has 3 rings (SSSR count). The summed E-state index contributed by atoms with van der Waals surface area (Å²) in [6.45, 7) is 1.84. The minimum Gasteiger partial charge on any atom is -0.477 e. The first-order valence-corrected chi connectivity index (χ1v) is 7.76. The summed E-state index contributed by atoms with van der Waals surface area (Å²) in [5, 5.41) is 11.7. The Morgan fingerprint density at radius 2 is 1.81 bits per heavy atom. The van der Waals surface area contributed by atoms with E-state index in [2.05, 4.69) is 15.3 Å². The van der Waals surface area contributed by atoms with Gasteiger partial charge in [-0.3, -0.25) is 9.59 Å². The number of hydrogen-bond acceptors (Lipinski definition) is 4. The molecule has 1 heterocycles. The molecule has 0 saturated heterocycles. The Morgan fingerprint density at radius 3 is 2.50 bits per heavy atom. The number of H-pyrrole nitrogens is 1. The van der Waals surface area contributed by atoms with E-state index in [4.69, 9.17) is 5.11 Å². The van der Waals surface area contributed by atoms with Gasteiger partial charge in [-0.05, 0) is 19.1 Å². The van der Waals surface area contributed by atoms with Crippen molar-refractivity contribution in [3.63, 3.8) is 0 Å². The molecule has 0 aliphatic rings. The number of imidazole rings is 1. The van der Waals surface area contributed by atoms with Crippen LogP contribution in [0.4, 0.5) is 5.69 Å². The third-order valence-corrected chi connectivity index (χ3v) is 3.77. The van der Waals surface area contributed by atoms with Crippen molar-refractivity contribution in [2.24, 2.45) is 0 Å². The van der Waals surface area contributed by atoms with Gasteiger partial charge in [-0.2, -0.15) is 0 Å². The monoisotopic (exact) mass is 349 g/mol. The molecule has 0 bridgehead atoms. The van der Waals surface area contributed by atoms with Crippen LogP contribution in [-0.4, -0.2) is 32.7 Å². The maximum absolute atomic E-state index is 12.8. The van der Waals surface area contributed by atoms with Gasteiger partial charge in [0.25, 0.3) is 5.91 Å². The Labute approximate surface area is 148 Å². The van der Waals surface area contributed by atoms with Crippen molar-refractivity contribution in [2.75, 3.05) is 5.32 Å².